The van der Waals surface area contributed by atoms with Crippen LogP contribution in [0.3, 0.4) is 0 Å². The Bertz CT molecular complexity index is 3100. The first-order valence-electron chi connectivity index (χ1n) is 18.9. The largest absolute Gasteiger partial charge is 0.453 e. The van der Waals surface area contributed by atoms with Gasteiger partial charge in [-0.15, -0.1) is 0 Å². The summed E-state index contributed by atoms with van der Waals surface area (Å²) in [5.74, 6) is 1.71. The van der Waals surface area contributed by atoms with E-state index >= 15 is 0 Å². The van der Waals surface area contributed by atoms with Crippen molar-refractivity contribution in [2.24, 2.45) is 0 Å². The molecule has 0 unspecified atom stereocenters. The molecule has 0 radical (unpaired) electrons. The molecule has 0 N–H and O–H groups in total. The maximum absolute atomic E-state index is 6.60. The van der Waals surface area contributed by atoms with Crippen LogP contribution in [0, 0.1) is 0 Å². The smallest absolute Gasteiger partial charge is 0.333 e. The first-order valence-corrected chi connectivity index (χ1v) is 18.9. The minimum absolute atomic E-state index is 0.0309. The molecular weight excluding hydrogens is 657 g/mol. The summed E-state index contributed by atoms with van der Waals surface area (Å²) < 4.78 is 9.28. The van der Waals surface area contributed by atoms with Crippen LogP contribution in [0.25, 0.3) is 49.4 Å². The third-order valence-corrected chi connectivity index (χ3v) is 12.6. The normalized spacial score (nSPS) is 15.0. The fraction of sp³-hybridized carbons (Fsp3) is 0.0612. The van der Waals surface area contributed by atoms with Crippen LogP contribution in [0.1, 0.15) is 25.0 Å². The molecule has 4 aliphatic heterocycles. The maximum Gasteiger partial charge on any atom is 0.333 e. The monoisotopic (exact) mass is 689 g/mol. The summed E-state index contributed by atoms with van der Waals surface area (Å²) in [6.07, 6.45) is 0. The number of benzene rings is 8. The predicted octanol–water partition coefficient (Wildman–Crippen LogP) is 11.4. The summed E-state index contributed by atoms with van der Waals surface area (Å²) >= 11 is 0. The Hall–Kier alpha value is -6.72. The molecule has 0 fully saturated rings. The van der Waals surface area contributed by atoms with Gasteiger partial charge < -0.3 is 19.0 Å². The van der Waals surface area contributed by atoms with E-state index in [1.54, 1.807) is 0 Å². The van der Waals surface area contributed by atoms with Gasteiger partial charge in [0.25, 0.3) is 0 Å². The Morgan fingerprint density at radius 2 is 1.24 bits per heavy atom. The highest BCUT2D eigenvalue weighted by molar-refractivity contribution is 6.94. The number of hydrogen-bond donors (Lipinski definition) is 0. The number of nitrogens with zero attached hydrogens (tertiary/aromatic N) is 3. The molecule has 8 aromatic carbocycles. The summed E-state index contributed by atoms with van der Waals surface area (Å²) in [5, 5.41) is 5.15. The second-order valence-electron chi connectivity index (χ2n) is 15.7. The standard InChI is InChI=1S/C49H32BN3O/c1-49(2)35-20-14-21-36-47(35)52-46-34(27-29-15-6-7-18-31(29)44(46)49)43-40(51-38-23-10-12-25-41(38)54-42-26-13-11-24-39(42)51)28-33-32-19-8-9-22-37(32)53(30-16-4-3-5-17-30)50(36)45(33)48(43)52/h3-28H,1-2H3. The van der Waals surface area contributed by atoms with E-state index in [2.05, 4.69) is 186 Å². The first kappa shape index (κ1) is 28.8. The van der Waals surface area contributed by atoms with Gasteiger partial charge in [0.05, 0.1) is 28.1 Å². The molecule has 4 aliphatic rings. The molecule has 0 amide bonds. The van der Waals surface area contributed by atoms with E-state index in [1.807, 2.05) is 0 Å². The third-order valence-electron chi connectivity index (χ3n) is 12.6. The van der Waals surface area contributed by atoms with Gasteiger partial charge in [-0.25, -0.2) is 0 Å². The molecule has 0 saturated heterocycles. The molecule has 54 heavy (non-hydrogen) atoms. The quantitative estimate of drug-likeness (QED) is 0.169. The Balaban J connectivity index is 1.31. The molecule has 1 aromatic heterocycles. The summed E-state index contributed by atoms with van der Waals surface area (Å²) in [6, 6.07) is 58.0. The molecular formula is C49H32BN3O. The van der Waals surface area contributed by atoms with E-state index in [0.717, 1.165) is 22.9 Å². The molecule has 252 valence electrons. The average molecular weight is 690 g/mol. The second kappa shape index (κ2) is 9.83. The summed E-state index contributed by atoms with van der Waals surface area (Å²) in [7, 11) is 0. The highest BCUT2D eigenvalue weighted by Crippen LogP contribution is 2.58. The average Bonchev–Trinajstić information content (AvgIpc) is 3.56. The number of hydrogen-bond acceptors (Lipinski definition) is 3. The van der Waals surface area contributed by atoms with Crippen LogP contribution in [-0.4, -0.2) is 11.4 Å². The summed E-state index contributed by atoms with van der Waals surface area (Å²) in [4.78, 5) is 5.07. The lowest BCUT2D eigenvalue weighted by Gasteiger charge is -2.45. The first-order chi connectivity index (χ1) is 26.6. The van der Waals surface area contributed by atoms with Gasteiger partial charge in [0.1, 0.15) is 0 Å². The van der Waals surface area contributed by atoms with Crippen molar-refractivity contribution in [3.63, 3.8) is 0 Å². The Kier molecular flexibility index (Phi) is 5.24. The zero-order chi connectivity index (χ0) is 35.4. The number of aromatic nitrogens is 1. The Morgan fingerprint density at radius 3 is 2.04 bits per heavy atom. The molecule has 5 heteroatoms. The highest BCUT2D eigenvalue weighted by Gasteiger charge is 2.49. The summed E-state index contributed by atoms with van der Waals surface area (Å²) in [6.45, 7) is 4.84. The van der Waals surface area contributed by atoms with Crippen LogP contribution >= 0.6 is 0 Å². The van der Waals surface area contributed by atoms with Crippen LogP contribution < -0.4 is 25.4 Å². The van der Waals surface area contributed by atoms with Gasteiger partial charge in [-0.1, -0.05) is 117 Å². The molecule has 0 spiro atoms. The van der Waals surface area contributed by atoms with Gasteiger partial charge in [0.15, 0.2) is 11.5 Å². The van der Waals surface area contributed by atoms with Gasteiger partial charge in [-0.05, 0) is 93.0 Å². The van der Waals surface area contributed by atoms with Crippen LogP contribution in [0.15, 0.2) is 158 Å². The molecule has 0 saturated carbocycles. The van der Waals surface area contributed by atoms with Gasteiger partial charge in [-0.3, -0.25) is 0 Å². The van der Waals surface area contributed by atoms with Crippen LogP contribution in [0.5, 0.6) is 11.5 Å². The SMILES string of the molecule is CC1(C)c2cccc3c2-n2c4c1c1ccccc1cc4c1c(N4c5ccccc5Oc5ccccc54)cc4c(c12)B3N(c1ccccc1)c1ccccc1-4. The van der Waals surface area contributed by atoms with E-state index in [1.165, 1.54) is 88.5 Å². The van der Waals surface area contributed by atoms with Crippen LogP contribution in [0.4, 0.5) is 28.4 Å². The van der Waals surface area contributed by atoms with Gasteiger partial charge in [-0.2, -0.15) is 0 Å². The van der Waals surface area contributed by atoms with E-state index in [0.29, 0.717) is 0 Å². The minimum atomic E-state index is -0.252. The molecule has 0 aliphatic carbocycles. The third kappa shape index (κ3) is 3.33. The van der Waals surface area contributed by atoms with Crippen molar-refractivity contribution < 1.29 is 4.74 Å². The molecule has 9 aromatic rings. The van der Waals surface area contributed by atoms with Crippen molar-refractivity contribution in [1.82, 2.24) is 4.57 Å². The fourth-order valence-electron chi connectivity index (χ4n) is 10.6. The van der Waals surface area contributed by atoms with Crippen molar-refractivity contribution in [3.8, 4) is 28.3 Å². The number of anilines is 5. The Morgan fingerprint density at radius 1 is 0.556 bits per heavy atom. The van der Waals surface area contributed by atoms with Crippen molar-refractivity contribution in [3.05, 3.63) is 169 Å². The molecule has 5 heterocycles. The van der Waals surface area contributed by atoms with E-state index in [9.17, 15) is 0 Å². The number of rotatable bonds is 2. The maximum atomic E-state index is 6.60. The number of ether oxygens (including phenoxy) is 1. The van der Waals surface area contributed by atoms with E-state index in [4.69, 9.17) is 4.74 Å². The lowest BCUT2D eigenvalue weighted by molar-refractivity contribution is 0.477. The zero-order valence-corrected chi connectivity index (χ0v) is 29.8. The van der Waals surface area contributed by atoms with Crippen LogP contribution in [0.2, 0.25) is 0 Å². The molecule has 0 bridgehead atoms. The predicted molar refractivity (Wildman–Crippen MR) is 224 cm³/mol. The van der Waals surface area contributed by atoms with E-state index < -0.39 is 0 Å². The molecule has 4 nitrogen and oxygen atoms in total. The Labute approximate surface area is 313 Å². The van der Waals surface area contributed by atoms with Crippen molar-refractivity contribution in [2.45, 2.75) is 19.3 Å². The topological polar surface area (TPSA) is 20.6 Å². The molecule has 13 rings (SSSR count). The number of para-hydroxylation sites is 7. The second-order valence-corrected chi connectivity index (χ2v) is 15.7. The summed E-state index contributed by atoms with van der Waals surface area (Å²) in [5.41, 5.74) is 17.3. The zero-order valence-electron chi connectivity index (χ0n) is 29.8. The van der Waals surface area contributed by atoms with Crippen LogP contribution in [-0.2, 0) is 5.41 Å². The lowest BCUT2D eigenvalue weighted by Crippen LogP contribution is -2.61. The highest BCUT2D eigenvalue weighted by atomic mass is 16.5. The van der Waals surface area contributed by atoms with Gasteiger partial charge in [0.2, 0.25) is 0 Å². The van der Waals surface area contributed by atoms with Crippen molar-refractivity contribution in [1.29, 1.82) is 0 Å². The lowest BCUT2D eigenvalue weighted by atomic mass is 9.43. The molecule has 0 atom stereocenters. The minimum Gasteiger partial charge on any atom is -0.453 e. The van der Waals surface area contributed by atoms with E-state index in [-0.39, 0.29) is 12.3 Å². The van der Waals surface area contributed by atoms with Crippen molar-refractivity contribution >= 4 is 78.8 Å². The van der Waals surface area contributed by atoms with Crippen molar-refractivity contribution in [2.75, 3.05) is 9.71 Å². The van der Waals surface area contributed by atoms with Gasteiger partial charge in [0, 0.05) is 38.8 Å². The fourth-order valence-corrected chi connectivity index (χ4v) is 10.6. The number of fused-ring (bicyclic) bond motifs is 8. The van der Waals surface area contributed by atoms with Gasteiger partial charge >= 0.3 is 6.85 Å².